The third-order valence-corrected chi connectivity index (χ3v) is 3.68. The summed E-state index contributed by atoms with van der Waals surface area (Å²) in [6.07, 6.45) is -3.21. The molecule has 2 aromatic carbocycles. The summed E-state index contributed by atoms with van der Waals surface area (Å²) in [5, 5.41) is 1.95. The number of halogens is 3. The number of pyridine rings is 1. The first-order valence-electron chi connectivity index (χ1n) is 6.94. The Hall–Kier alpha value is -2.69. The quantitative estimate of drug-likeness (QED) is 0.626. The van der Waals surface area contributed by atoms with E-state index in [1.165, 1.54) is 24.3 Å². The highest BCUT2D eigenvalue weighted by Crippen LogP contribution is 2.30. The molecule has 1 aromatic heterocycles. The zero-order valence-electron chi connectivity index (χ0n) is 12.2. The lowest BCUT2D eigenvalue weighted by Gasteiger charge is -2.10. The van der Waals surface area contributed by atoms with Gasteiger partial charge in [-0.2, -0.15) is 13.2 Å². The first-order valence-corrected chi connectivity index (χ1v) is 6.94. The minimum absolute atomic E-state index is 0.377. The van der Waals surface area contributed by atoms with Gasteiger partial charge in [0.2, 0.25) is 0 Å². The Labute approximate surface area is 130 Å². The van der Waals surface area contributed by atoms with Gasteiger partial charge < -0.3 is 0 Å². The summed E-state index contributed by atoms with van der Waals surface area (Å²) in [6, 6.07) is 13.1. The second kappa shape index (κ2) is 5.50. The van der Waals surface area contributed by atoms with E-state index >= 15 is 0 Å². The van der Waals surface area contributed by atoms with Crippen LogP contribution in [0.2, 0.25) is 0 Å². The van der Waals surface area contributed by atoms with Crippen molar-refractivity contribution in [2.24, 2.45) is 0 Å². The summed E-state index contributed by atoms with van der Waals surface area (Å²) in [6.45, 7) is 1.95. The summed E-state index contributed by atoms with van der Waals surface area (Å²) < 4.78 is 37.4. The van der Waals surface area contributed by atoms with Crippen molar-refractivity contribution in [1.29, 1.82) is 0 Å². The molecule has 0 amide bonds. The van der Waals surface area contributed by atoms with Gasteiger partial charge in [-0.05, 0) is 23.9 Å². The molecule has 3 rings (SSSR count). The molecule has 0 aliphatic heterocycles. The lowest BCUT2D eigenvalue weighted by Crippen LogP contribution is -2.22. The standard InChI is InChI=1S/C18H12F3NO/c1-11-3-2-4-12-9-10-22-16(15(11)12)13-5-7-14(8-6-13)17(23)18(19,20)21/h2-10H,1H3. The Morgan fingerprint density at radius 3 is 2.35 bits per heavy atom. The van der Waals surface area contributed by atoms with Crippen LogP contribution in [0.15, 0.2) is 54.7 Å². The summed E-state index contributed by atoms with van der Waals surface area (Å²) in [5.41, 5.74) is 2.01. The van der Waals surface area contributed by atoms with Crippen molar-refractivity contribution >= 4 is 16.6 Å². The van der Waals surface area contributed by atoms with E-state index in [-0.39, 0.29) is 5.56 Å². The number of aryl methyl sites for hydroxylation is 1. The van der Waals surface area contributed by atoms with Crippen LogP contribution in [0.5, 0.6) is 0 Å². The smallest absolute Gasteiger partial charge is 0.284 e. The Bertz CT molecular complexity index is 878. The molecule has 0 bridgehead atoms. The number of Topliss-reactive ketones (excluding diaryl/α,β-unsaturated/α-hetero) is 1. The van der Waals surface area contributed by atoms with Gasteiger partial charge in [-0.15, -0.1) is 0 Å². The number of benzene rings is 2. The van der Waals surface area contributed by atoms with E-state index in [9.17, 15) is 18.0 Å². The lowest BCUT2D eigenvalue weighted by molar-refractivity contribution is -0.0885. The third-order valence-electron chi connectivity index (χ3n) is 3.68. The Kier molecular flexibility index (Phi) is 3.64. The van der Waals surface area contributed by atoms with Crippen molar-refractivity contribution in [3.8, 4) is 11.3 Å². The molecule has 0 saturated heterocycles. The second-order valence-electron chi connectivity index (χ2n) is 5.24. The summed E-state index contributed by atoms with van der Waals surface area (Å²) in [4.78, 5) is 15.6. The van der Waals surface area contributed by atoms with E-state index in [4.69, 9.17) is 0 Å². The summed E-state index contributed by atoms with van der Waals surface area (Å²) >= 11 is 0. The monoisotopic (exact) mass is 315 g/mol. The van der Waals surface area contributed by atoms with Gasteiger partial charge in [0.25, 0.3) is 5.78 Å². The molecule has 0 fully saturated rings. The van der Waals surface area contributed by atoms with E-state index in [1.807, 2.05) is 31.2 Å². The molecule has 2 nitrogen and oxygen atoms in total. The molecule has 23 heavy (non-hydrogen) atoms. The first-order chi connectivity index (χ1) is 10.9. The molecule has 1 heterocycles. The molecule has 0 aliphatic carbocycles. The van der Waals surface area contributed by atoms with Crippen molar-refractivity contribution in [2.75, 3.05) is 0 Å². The molecule has 116 valence electrons. The largest absolute Gasteiger partial charge is 0.454 e. The van der Waals surface area contributed by atoms with Gasteiger partial charge in [0.1, 0.15) is 0 Å². The molecule has 0 unspecified atom stereocenters. The fourth-order valence-electron chi connectivity index (χ4n) is 2.57. The Balaban J connectivity index is 2.09. The van der Waals surface area contributed by atoms with E-state index in [2.05, 4.69) is 4.98 Å². The molecule has 0 spiro atoms. The van der Waals surface area contributed by atoms with Gasteiger partial charge in [0, 0.05) is 22.7 Å². The van der Waals surface area contributed by atoms with Crippen LogP contribution in [0.25, 0.3) is 22.0 Å². The van der Waals surface area contributed by atoms with Crippen molar-refractivity contribution < 1.29 is 18.0 Å². The normalized spacial score (nSPS) is 11.7. The molecule has 0 atom stereocenters. The van der Waals surface area contributed by atoms with E-state index < -0.39 is 12.0 Å². The maximum Gasteiger partial charge on any atom is 0.454 e. The van der Waals surface area contributed by atoms with Crippen LogP contribution in [0.4, 0.5) is 13.2 Å². The maximum atomic E-state index is 12.5. The molecular formula is C18H12F3NO. The lowest BCUT2D eigenvalue weighted by atomic mass is 9.99. The van der Waals surface area contributed by atoms with Gasteiger partial charge in [-0.25, -0.2) is 0 Å². The summed E-state index contributed by atoms with van der Waals surface area (Å²) in [5.74, 6) is -1.84. The van der Waals surface area contributed by atoms with Crippen molar-refractivity contribution in [3.05, 3.63) is 65.9 Å². The number of fused-ring (bicyclic) bond motifs is 1. The van der Waals surface area contributed by atoms with Gasteiger partial charge in [0.05, 0.1) is 5.69 Å². The van der Waals surface area contributed by atoms with Crippen molar-refractivity contribution in [1.82, 2.24) is 4.98 Å². The fourth-order valence-corrected chi connectivity index (χ4v) is 2.57. The van der Waals surface area contributed by atoms with Crippen molar-refractivity contribution in [3.63, 3.8) is 0 Å². The maximum absolute atomic E-state index is 12.5. The number of carbonyl (C=O) groups excluding carboxylic acids is 1. The second-order valence-corrected chi connectivity index (χ2v) is 5.24. The highest BCUT2D eigenvalue weighted by molar-refractivity contribution is 6.01. The number of rotatable bonds is 2. The Morgan fingerprint density at radius 2 is 1.70 bits per heavy atom. The fraction of sp³-hybridized carbons (Fsp3) is 0.111. The van der Waals surface area contributed by atoms with Gasteiger partial charge in [-0.3, -0.25) is 9.78 Å². The highest BCUT2D eigenvalue weighted by atomic mass is 19.4. The number of aromatic nitrogens is 1. The number of nitrogens with zero attached hydrogens (tertiary/aromatic N) is 1. The topological polar surface area (TPSA) is 30.0 Å². The van der Waals surface area contributed by atoms with Gasteiger partial charge in [-0.1, -0.05) is 42.5 Å². The van der Waals surface area contributed by atoms with Crippen LogP contribution < -0.4 is 0 Å². The van der Waals surface area contributed by atoms with Crippen LogP contribution in [-0.2, 0) is 0 Å². The number of alkyl halides is 3. The van der Waals surface area contributed by atoms with E-state index in [1.54, 1.807) is 6.20 Å². The average molecular weight is 315 g/mol. The van der Waals surface area contributed by atoms with Crippen LogP contribution in [0.1, 0.15) is 15.9 Å². The highest BCUT2D eigenvalue weighted by Gasteiger charge is 2.39. The van der Waals surface area contributed by atoms with Crippen molar-refractivity contribution in [2.45, 2.75) is 13.1 Å². The zero-order chi connectivity index (χ0) is 16.6. The van der Waals surface area contributed by atoms with Gasteiger partial charge in [0.15, 0.2) is 0 Å². The molecule has 0 saturated carbocycles. The third kappa shape index (κ3) is 2.82. The minimum Gasteiger partial charge on any atom is -0.284 e. The van der Waals surface area contributed by atoms with Crippen LogP contribution in [0, 0.1) is 6.92 Å². The van der Waals surface area contributed by atoms with E-state index in [0.717, 1.165) is 16.3 Å². The SMILES string of the molecule is Cc1cccc2ccnc(-c3ccc(C(=O)C(F)(F)F)cc3)c12. The summed E-state index contributed by atoms with van der Waals surface area (Å²) in [7, 11) is 0. The predicted molar refractivity (Wildman–Crippen MR) is 82.3 cm³/mol. The molecule has 3 aromatic rings. The number of ketones is 1. The van der Waals surface area contributed by atoms with Crippen LogP contribution in [0.3, 0.4) is 0 Å². The molecule has 5 heteroatoms. The molecular weight excluding hydrogens is 303 g/mol. The predicted octanol–water partition coefficient (Wildman–Crippen LogP) is 4.96. The number of hydrogen-bond acceptors (Lipinski definition) is 2. The minimum atomic E-state index is -4.87. The number of hydrogen-bond donors (Lipinski definition) is 0. The molecule has 0 N–H and O–H groups in total. The van der Waals surface area contributed by atoms with E-state index in [0.29, 0.717) is 11.3 Å². The van der Waals surface area contributed by atoms with Gasteiger partial charge >= 0.3 is 6.18 Å². The first kappa shape index (κ1) is 15.2. The van der Waals surface area contributed by atoms with Crippen LogP contribution >= 0.6 is 0 Å². The molecule has 0 radical (unpaired) electrons. The average Bonchev–Trinajstić information content (AvgIpc) is 2.53. The number of carbonyl (C=O) groups is 1. The van der Waals surface area contributed by atoms with Crippen LogP contribution in [-0.4, -0.2) is 16.9 Å². The Morgan fingerprint density at radius 1 is 1.00 bits per heavy atom. The molecule has 0 aliphatic rings. The zero-order valence-corrected chi connectivity index (χ0v) is 12.2.